The largest absolute Gasteiger partial charge is 0.417 e. The Bertz CT molecular complexity index is 926. The Labute approximate surface area is 170 Å². The molecule has 3 amide bonds. The molecule has 0 saturated heterocycles. The van der Waals surface area contributed by atoms with Crippen molar-refractivity contribution in [3.05, 3.63) is 77.3 Å². The Morgan fingerprint density at radius 1 is 1.03 bits per heavy atom. The minimum absolute atomic E-state index is 0.182. The highest BCUT2D eigenvalue weighted by Gasteiger charge is 2.33. The number of alkyl halides is 3. The second-order valence-electron chi connectivity index (χ2n) is 5.76. The number of amides is 3. The van der Waals surface area contributed by atoms with Gasteiger partial charge >= 0.3 is 12.2 Å². The van der Waals surface area contributed by atoms with Crippen molar-refractivity contribution in [1.82, 2.24) is 5.32 Å². The Hall–Kier alpha value is -3.26. The van der Waals surface area contributed by atoms with Gasteiger partial charge in [-0.25, -0.2) is 4.79 Å². The fraction of sp³-hybridized carbons (Fsp3) is 0.100. The zero-order valence-corrected chi connectivity index (χ0v) is 15.8. The van der Waals surface area contributed by atoms with E-state index in [1.807, 2.05) is 0 Å². The molecule has 0 bridgehead atoms. The van der Waals surface area contributed by atoms with Crippen molar-refractivity contribution in [2.45, 2.75) is 6.18 Å². The molecule has 0 aromatic heterocycles. The quantitative estimate of drug-likeness (QED) is 0.435. The van der Waals surface area contributed by atoms with Gasteiger partial charge in [0.25, 0.3) is 0 Å². The summed E-state index contributed by atoms with van der Waals surface area (Å²) in [6.45, 7) is 3.81. The zero-order valence-electron chi connectivity index (χ0n) is 15.0. The van der Waals surface area contributed by atoms with Crippen LogP contribution in [0, 0.1) is 0 Å². The molecule has 0 aliphatic carbocycles. The average molecular weight is 424 g/mol. The number of hydrogen-bond acceptors (Lipinski definition) is 2. The minimum atomic E-state index is -4.58. The van der Waals surface area contributed by atoms with Crippen LogP contribution in [-0.2, 0) is 11.0 Å². The summed E-state index contributed by atoms with van der Waals surface area (Å²) in [5, 5.41) is 7.31. The first-order valence-corrected chi connectivity index (χ1v) is 8.68. The van der Waals surface area contributed by atoms with E-state index in [2.05, 4.69) is 22.5 Å². The first kappa shape index (κ1) is 22.0. The Balaban J connectivity index is 1.97. The summed E-state index contributed by atoms with van der Waals surface area (Å²) in [7, 11) is 0. The summed E-state index contributed by atoms with van der Waals surface area (Å²) in [6.07, 6.45) is -0.680. The van der Waals surface area contributed by atoms with Crippen LogP contribution >= 0.6 is 11.6 Å². The Kier molecular flexibility index (Phi) is 7.44. The molecule has 5 nitrogen and oxygen atoms in total. The fourth-order valence-electron chi connectivity index (χ4n) is 2.20. The summed E-state index contributed by atoms with van der Waals surface area (Å²) in [4.78, 5) is 23.5. The number of carbonyl (C=O) groups is 2. The maximum Gasteiger partial charge on any atom is 0.417 e. The van der Waals surface area contributed by atoms with Crippen molar-refractivity contribution in [3.63, 3.8) is 0 Å². The number of anilines is 2. The molecule has 0 radical (unpaired) electrons. The molecule has 0 atom stereocenters. The van der Waals surface area contributed by atoms with Gasteiger partial charge in [0.2, 0.25) is 5.91 Å². The summed E-state index contributed by atoms with van der Waals surface area (Å²) >= 11 is 5.56. The van der Waals surface area contributed by atoms with Crippen LogP contribution in [0.3, 0.4) is 0 Å². The smallest absolute Gasteiger partial charge is 0.334 e. The molecule has 152 valence electrons. The summed E-state index contributed by atoms with van der Waals surface area (Å²) in [5.74, 6) is -0.530. The maximum absolute atomic E-state index is 12.9. The van der Waals surface area contributed by atoms with Crippen LogP contribution in [0.15, 0.2) is 61.2 Å². The van der Waals surface area contributed by atoms with Gasteiger partial charge < -0.3 is 16.0 Å². The molecule has 0 heterocycles. The molecule has 0 aliphatic rings. The molecule has 0 fully saturated rings. The lowest BCUT2D eigenvalue weighted by molar-refractivity contribution is -0.137. The van der Waals surface area contributed by atoms with E-state index in [4.69, 9.17) is 11.6 Å². The molecule has 9 heteroatoms. The molecule has 2 aromatic rings. The van der Waals surface area contributed by atoms with Gasteiger partial charge in [-0.3, -0.25) is 4.79 Å². The molecule has 0 unspecified atom stereocenters. The van der Waals surface area contributed by atoms with Crippen LogP contribution in [0.2, 0.25) is 5.02 Å². The standard InChI is InChI=1S/C20H17ClF3N3O2/c1-2-11-25-19(29)27-15-7-5-14(6-8-15)26-18(28)10-4-13-3-9-17(21)16(12-13)20(22,23)24/h2-10,12H,1,11H2,(H,26,28)(H2,25,27,29)/b10-4+. The van der Waals surface area contributed by atoms with Crippen LogP contribution in [0.4, 0.5) is 29.3 Å². The molecular formula is C20H17ClF3N3O2. The fourth-order valence-corrected chi connectivity index (χ4v) is 2.42. The van der Waals surface area contributed by atoms with Crippen LogP contribution in [0.1, 0.15) is 11.1 Å². The number of benzene rings is 2. The lowest BCUT2D eigenvalue weighted by atomic mass is 10.1. The molecule has 0 aliphatic heterocycles. The predicted octanol–water partition coefficient (Wildman–Crippen LogP) is 5.32. The van der Waals surface area contributed by atoms with Gasteiger partial charge in [-0.2, -0.15) is 13.2 Å². The normalized spacial score (nSPS) is 11.2. The predicted molar refractivity (Wildman–Crippen MR) is 108 cm³/mol. The van der Waals surface area contributed by atoms with Crippen LogP contribution < -0.4 is 16.0 Å². The van der Waals surface area contributed by atoms with E-state index < -0.39 is 28.7 Å². The monoisotopic (exact) mass is 423 g/mol. The van der Waals surface area contributed by atoms with Crippen molar-refractivity contribution < 1.29 is 22.8 Å². The number of hydrogen-bond donors (Lipinski definition) is 3. The number of urea groups is 1. The van der Waals surface area contributed by atoms with Crippen molar-refractivity contribution in [2.75, 3.05) is 17.2 Å². The van der Waals surface area contributed by atoms with Gasteiger partial charge in [0.05, 0.1) is 10.6 Å². The van der Waals surface area contributed by atoms with Gasteiger partial charge in [0, 0.05) is 24.0 Å². The molecule has 2 rings (SSSR count). The van der Waals surface area contributed by atoms with Crippen LogP contribution in [0.5, 0.6) is 0 Å². The molecule has 29 heavy (non-hydrogen) atoms. The van der Waals surface area contributed by atoms with Crippen LogP contribution in [-0.4, -0.2) is 18.5 Å². The van der Waals surface area contributed by atoms with Gasteiger partial charge in [-0.1, -0.05) is 23.7 Å². The topological polar surface area (TPSA) is 70.2 Å². The van der Waals surface area contributed by atoms with E-state index in [1.54, 1.807) is 30.3 Å². The van der Waals surface area contributed by atoms with Crippen molar-refractivity contribution in [3.8, 4) is 0 Å². The average Bonchev–Trinajstić information content (AvgIpc) is 2.66. The third-order valence-electron chi connectivity index (χ3n) is 3.54. The summed E-state index contributed by atoms with van der Waals surface area (Å²) in [6, 6.07) is 9.27. The van der Waals surface area contributed by atoms with Crippen molar-refractivity contribution in [2.24, 2.45) is 0 Å². The first-order valence-electron chi connectivity index (χ1n) is 8.30. The maximum atomic E-state index is 12.9. The van der Waals surface area contributed by atoms with Crippen molar-refractivity contribution in [1.29, 1.82) is 0 Å². The lowest BCUT2D eigenvalue weighted by Gasteiger charge is -2.09. The molecule has 2 aromatic carbocycles. The summed E-state index contributed by atoms with van der Waals surface area (Å²) in [5.41, 5.74) is 0.175. The minimum Gasteiger partial charge on any atom is -0.334 e. The van der Waals surface area contributed by atoms with E-state index in [0.29, 0.717) is 17.9 Å². The first-order chi connectivity index (χ1) is 13.7. The van der Waals surface area contributed by atoms with Gasteiger partial charge in [-0.15, -0.1) is 6.58 Å². The third-order valence-corrected chi connectivity index (χ3v) is 3.87. The van der Waals surface area contributed by atoms with Crippen molar-refractivity contribution >= 4 is 41.0 Å². The highest BCUT2D eigenvalue weighted by Crippen LogP contribution is 2.35. The van der Waals surface area contributed by atoms with Crippen LogP contribution in [0.25, 0.3) is 6.08 Å². The number of rotatable bonds is 6. The van der Waals surface area contributed by atoms with E-state index >= 15 is 0 Å². The second kappa shape index (κ2) is 9.79. The summed E-state index contributed by atoms with van der Waals surface area (Å²) < 4.78 is 38.6. The Morgan fingerprint density at radius 2 is 1.66 bits per heavy atom. The molecule has 0 saturated carbocycles. The lowest BCUT2D eigenvalue weighted by Crippen LogP contribution is -2.28. The SMILES string of the molecule is C=CCNC(=O)Nc1ccc(NC(=O)/C=C/c2ccc(Cl)c(C(F)(F)F)c2)cc1. The van der Waals surface area contributed by atoms with Gasteiger partial charge in [-0.05, 0) is 48.0 Å². The molecular weight excluding hydrogens is 407 g/mol. The number of nitrogens with one attached hydrogen (secondary N) is 3. The third kappa shape index (κ3) is 7.00. The molecule has 3 N–H and O–H groups in total. The second-order valence-corrected chi connectivity index (χ2v) is 6.17. The number of halogens is 4. The van der Waals surface area contributed by atoms with E-state index in [9.17, 15) is 22.8 Å². The Morgan fingerprint density at radius 3 is 2.24 bits per heavy atom. The number of carbonyl (C=O) groups excluding carboxylic acids is 2. The highest BCUT2D eigenvalue weighted by atomic mass is 35.5. The van der Waals surface area contributed by atoms with Gasteiger partial charge in [0.1, 0.15) is 0 Å². The van der Waals surface area contributed by atoms with E-state index in [0.717, 1.165) is 18.2 Å². The van der Waals surface area contributed by atoms with E-state index in [-0.39, 0.29) is 5.56 Å². The highest BCUT2D eigenvalue weighted by molar-refractivity contribution is 6.31. The molecule has 0 spiro atoms. The van der Waals surface area contributed by atoms with Gasteiger partial charge in [0.15, 0.2) is 0 Å². The zero-order chi connectivity index (χ0) is 21.4. The van der Waals surface area contributed by atoms with E-state index in [1.165, 1.54) is 12.1 Å².